The normalized spacial score (nSPS) is 22.8. The van der Waals surface area contributed by atoms with Crippen LogP contribution < -0.4 is 9.47 Å². The van der Waals surface area contributed by atoms with Crippen molar-refractivity contribution in [3.05, 3.63) is 23.3 Å². The molecule has 2 atom stereocenters. The molecule has 1 aromatic rings. The van der Waals surface area contributed by atoms with E-state index in [0.717, 1.165) is 17.5 Å². The van der Waals surface area contributed by atoms with Gasteiger partial charge in [0.2, 0.25) is 0 Å². The average Bonchev–Trinajstić information content (AvgIpc) is 3.09. The minimum absolute atomic E-state index is 0.140. The van der Waals surface area contributed by atoms with Crippen molar-refractivity contribution in [3.8, 4) is 11.5 Å². The van der Waals surface area contributed by atoms with E-state index in [1.807, 2.05) is 12.1 Å². The Morgan fingerprint density at radius 3 is 2.33 bits per heavy atom. The molecule has 1 amide bonds. The second-order valence-corrected chi connectivity index (χ2v) is 6.01. The molecule has 2 aliphatic heterocycles. The van der Waals surface area contributed by atoms with E-state index in [9.17, 15) is 9.59 Å². The number of nitrogens with zero attached hydrogens (tertiary/aromatic N) is 1. The monoisotopic (exact) mass is 335 g/mol. The molecule has 1 aromatic carbocycles. The van der Waals surface area contributed by atoms with Crippen LogP contribution in [0.2, 0.25) is 0 Å². The van der Waals surface area contributed by atoms with Crippen LogP contribution in [0.1, 0.15) is 24.0 Å². The maximum Gasteiger partial charge on any atom is 0.332 e. The first-order chi connectivity index (χ1) is 11.5. The van der Waals surface area contributed by atoms with E-state index >= 15 is 0 Å². The number of fused-ring (bicyclic) bond motifs is 1. The molecule has 1 saturated heterocycles. The maximum atomic E-state index is 12.6. The van der Waals surface area contributed by atoms with Gasteiger partial charge in [-0.05, 0) is 42.5 Å². The van der Waals surface area contributed by atoms with E-state index in [1.54, 1.807) is 19.1 Å². The summed E-state index contributed by atoms with van der Waals surface area (Å²) < 4.78 is 16.0. The van der Waals surface area contributed by atoms with Crippen LogP contribution in [0.25, 0.3) is 0 Å². The molecule has 2 aliphatic rings. The standard InChI is InChI=1S/C17H21NO6/c1-22-14-7-10-5-6-18(9-11(10)8-15(14)23-2)16(19)12-3-4-13(24-12)17(20)21/h7-8,12-13H,3-6,9H2,1-2H3,(H,20,21)/t12-,13+/m0/s1. The lowest BCUT2D eigenvalue weighted by Crippen LogP contribution is -2.42. The van der Waals surface area contributed by atoms with Crippen LogP contribution in [-0.4, -0.2) is 54.9 Å². The van der Waals surface area contributed by atoms with Gasteiger partial charge in [-0.25, -0.2) is 4.79 Å². The SMILES string of the molecule is COc1cc2c(cc1OC)CN(C(=O)[C@@H]1CC[C@H](C(=O)O)O1)CC2. The van der Waals surface area contributed by atoms with Gasteiger partial charge in [0, 0.05) is 13.1 Å². The fourth-order valence-electron chi connectivity index (χ4n) is 3.28. The zero-order chi connectivity index (χ0) is 17.3. The molecule has 7 heteroatoms. The molecule has 0 saturated carbocycles. The summed E-state index contributed by atoms with van der Waals surface area (Å²) in [7, 11) is 3.17. The molecule has 7 nitrogen and oxygen atoms in total. The minimum atomic E-state index is -1.01. The molecule has 1 fully saturated rings. The number of amides is 1. The van der Waals surface area contributed by atoms with Crippen molar-refractivity contribution in [1.29, 1.82) is 0 Å². The summed E-state index contributed by atoms with van der Waals surface area (Å²) in [6, 6.07) is 3.84. The van der Waals surface area contributed by atoms with Crippen LogP contribution in [0.15, 0.2) is 12.1 Å². The summed E-state index contributed by atoms with van der Waals surface area (Å²) in [5, 5.41) is 8.98. The molecule has 0 unspecified atom stereocenters. The average molecular weight is 335 g/mol. The summed E-state index contributed by atoms with van der Waals surface area (Å²) >= 11 is 0. The maximum absolute atomic E-state index is 12.6. The number of hydrogen-bond acceptors (Lipinski definition) is 5. The van der Waals surface area contributed by atoms with Crippen LogP contribution >= 0.6 is 0 Å². The molecule has 0 radical (unpaired) electrons. The molecule has 0 spiro atoms. The number of hydrogen-bond donors (Lipinski definition) is 1. The van der Waals surface area contributed by atoms with Crippen LogP contribution in [0.3, 0.4) is 0 Å². The van der Waals surface area contributed by atoms with Gasteiger partial charge in [0.25, 0.3) is 5.91 Å². The number of carboxylic acids is 1. The minimum Gasteiger partial charge on any atom is -0.493 e. The van der Waals surface area contributed by atoms with E-state index in [4.69, 9.17) is 19.3 Å². The fourth-order valence-corrected chi connectivity index (χ4v) is 3.28. The van der Waals surface area contributed by atoms with Gasteiger partial charge in [-0.1, -0.05) is 0 Å². The van der Waals surface area contributed by atoms with Gasteiger partial charge in [0.05, 0.1) is 14.2 Å². The lowest BCUT2D eigenvalue weighted by atomic mass is 9.98. The number of methoxy groups -OCH3 is 2. The molecule has 0 bridgehead atoms. The largest absolute Gasteiger partial charge is 0.493 e. The number of rotatable bonds is 4. The lowest BCUT2D eigenvalue weighted by Gasteiger charge is -2.31. The van der Waals surface area contributed by atoms with Crippen LogP contribution in [0.4, 0.5) is 0 Å². The second kappa shape index (κ2) is 6.68. The van der Waals surface area contributed by atoms with Gasteiger partial charge in [-0.3, -0.25) is 4.79 Å². The Labute approximate surface area is 140 Å². The summed E-state index contributed by atoms with van der Waals surface area (Å²) in [5.74, 6) is 0.165. The van der Waals surface area contributed by atoms with Gasteiger partial charge in [-0.15, -0.1) is 0 Å². The van der Waals surface area contributed by atoms with Crippen molar-refractivity contribution in [2.24, 2.45) is 0 Å². The van der Waals surface area contributed by atoms with E-state index in [2.05, 4.69) is 0 Å². The third kappa shape index (κ3) is 3.03. The van der Waals surface area contributed by atoms with Crippen molar-refractivity contribution in [2.75, 3.05) is 20.8 Å². The van der Waals surface area contributed by atoms with Crippen molar-refractivity contribution in [2.45, 2.75) is 38.0 Å². The topological polar surface area (TPSA) is 85.3 Å². The second-order valence-electron chi connectivity index (χ2n) is 6.01. The highest BCUT2D eigenvalue weighted by atomic mass is 16.5. The Balaban J connectivity index is 1.73. The van der Waals surface area contributed by atoms with Crippen molar-refractivity contribution >= 4 is 11.9 Å². The number of aliphatic carboxylic acids is 1. The molecule has 2 heterocycles. The first kappa shape index (κ1) is 16.6. The summed E-state index contributed by atoms with van der Waals surface area (Å²) in [6.45, 7) is 1.05. The third-order valence-electron chi connectivity index (χ3n) is 4.60. The number of carbonyl (C=O) groups excluding carboxylic acids is 1. The smallest absolute Gasteiger partial charge is 0.332 e. The molecular formula is C17H21NO6. The Bertz CT molecular complexity index is 659. The molecule has 0 aliphatic carbocycles. The highest BCUT2D eigenvalue weighted by molar-refractivity contribution is 5.83. The van der Waals surface area contributed by atoms with Crippen molar-refractivity contribution in [1.82, 2.24) is 4.90 Å². The first-order valence-electron chi connectivity index (χ1n) is 7.94. The van der Waals surface area contributed by atoms with E-state index in [0.29, 0.717) is 37.4 Å². The van der Waals surface area contributed by atoms with Gasteiger partial charge in [-0.2, -0.15) is 0 Å². The van der Waals surface area contributed by atoms with Crippen LogP contribution in [0.5, 0.6) is 11.5 Å². The van der Waals surface area contributed by atoms with E-state index in [-0.39, 0.29) is 5.91 Å². The first-order valence-corrected chi connectivity index (χ1v) is 7.94. The molecular weight excluding hydrogens is 314 g/mol. The molecule has 1 N–H and O–H groups in total. The summed E-state index contributed by atoms with van der Waals surface area (Å²) in [5.41, 5.74) is 2.15. The Morgan fingerprint density at radius 1 is 1.12 bits per heavy atom. The van der Waals surface area contributed by atoms with E-state index < -0.39 is 18.2 Å². The predicted molar refractivity (Wildman–Crippen MR) is 84.2 cm³/mol. The molecule has 24 heavy (non-hydrogen) atoms. The number of benzene rings is 1. The molecule has 130 valence electrons. The summed E-state index contributed by atoms with van der Waals surface area (Å²) in [4.78, 5) is 25.3. The van der Waals surface area contributed by atoms with Gasteiger partial charge in [0.1, 0.15) is 6.10 Å². The van der Waals surface area contributed by atoms with Gasteiger partial charge < -0.3 is 24.2 Å². The quantitative estimate of drug-likeness (QED) is 0.890. The zero-order valence-electron chi connectivity index (χ0n) is 13.8. The zero-order valence-corrected chi connectivity index (χ0v) is 13.8. The number of carbonyl (C=O) groups is 2. The third-order valence-corrected chi connectivity index (χ3v) is 4.60. The Hall–Kier alpha value is -2.28. The van der Waals surface area contributed by atoms with E-state index in [1.165, 1.54) is 0 Å². The Kier molecular flexibility index (Phi) is 4.62. The Morgan fingerprint density at radius 2 is 1.75 bits per heavy atom. The predicted octanol–water partition coefficient (Wildman–Crippen LogP) is 1.22. The van der Waals surface area contributed by atoms with Crippen molar-refractivity contribution in [3.63, 3.8) is 0 Å². The van der Waals surface area contributed by atoms with Crippen LogP contribution in [-0.2, 0) is 27.3 Å². The molecule has 3 rings (SSSR count). The molecule has 0 aromatic heterocycles. The number of carboxylic acid groups (broad SMARTS) is 1. The van der Waals surface area contributed by atoms with Crippen molar-refractivity contribution < 1.29 is 28.9 Å². The number of ether oxygens (including phenoxy) is 3. The highest BCUT2D eigenvalue weighted by Gasteiger charge is 2.37. The lowest BCUT2D eigenvalue weighted by molar-refractivity contribution is -0.155. The highest BCUT2D eigenvalue weighted by Crippen LogP contribution is 2.34. The van der Waals surface area contributed by atoms with Gasteiger partial charge in [0.15, 0.2) is 17.6 Å². The van der Waals surface area contributed by atoms with Gasteiger partial charge >= 0.3 is 5.97 Å². The summed E-state index contributed by atoms with van der Waals surface area (Å²) in [6.07, 6.45) is 0.0103. The fraction of sp³-hybridized carbons (Fsp3) is 0.529. The van der Waals surface area contributed by atoms with Crippen LogP contribution in [0, 0.1) is 0 Å².